The van der Waals surface area contributed by atoms with Gasteiger partial charge in [-0.15, -0.1) is 0 Å². The first-order chi connectivity index (χ1) is 9.45. The predicted octanol–water partition coefficient (Wildman–Crippen LogP) is 4.76. The number of halogens is 2. The van der Waals surface area contributed by atoms with Gasteiger partial charge in [-0.3, -0.25) is 5.43 Å². The van der Waals surface area contributed by atoms with Crippen LogP contribution < -0.4 is 5.43 Å². The minimum Gasteiger partial charge on any atom is -0.261 e. The van der Waals surface area contributed by atoms with Crippen molar-refractivity contribution >= 4 is 35.2 Å². The fourth-order valence-electron chi connectivity index (χ4n) is 2.08. The Labute approximate surface area is 128 Å². The first-order valence-corrected chi connectivity index (χ1v) is 6.91. The van der Waals surface area contributed by atoms with E-state index in [9.17, 15) is 0 Å². The summed E-state index contributed by atoms with van der Waals surface area (Å²) in [5, 5.41) is 5.04. The highest BCUT2D eigenvalue weighted by molar-refractivity contribution is 6.34. The Morgan fingerprint density at radius 3 is 2.30 bits per heavy atom. The molecule has 2 rings (SSSR count). The van der Waals surface area contributed by atoms with E-state index in [2.05, 4.69) is 48.4 Å². The molecule has 0 saturated heterocycles. The molecule has 1 aromatic heterocycles. The van der Waals surface area contributed by atoms with Gasteiger partial charge in [-0.25, -0.2) is 4.98 Å². The Morgan fingerprint density at radius 2 is 1.70 bits per heavy atom. The zero-order chi connectivity index (χ0) is 14.7. The molecule has 5 heteroatoms. The molecule has 0 aliphatic carbocycles. The van der Waals surface area contributed by atoms with E-state index in [-0.39, 0.29) is 0 Å². The van der Waals surface area contributed by atoms with Crippen molar-refractivity contribution in [2.45, 2.75) is 20.8 Å². The van der Waals surface area contributed by atoms with Gasteiger partial charge in [0.05, 0.1) is 6.21 Å². The fourth-order valence-corrected chi connectivity index (χ4v) is 2.55. The maximum Gasteiger partial charge on any atom is 0.149 e. The van der Waals surface area contributed by atoms with Crippen LogP contribution in [0.15, 0.2) is 29.4 Å². The molecule has 0 fully saturated rings. The number of nitrogens with zero attached hydrogens (tertiary/aromatic N) is 2. The van der Waals surface area contributed by atoms with Gasteiger partial charge in [-0.05, 0) is 38.0 Å². The lowest BCUT2D eigenvalue weighted by atomic mass is 10.0. The van der Waals surface area contributed by atoms with E-state index in [0.29, 0.717) is 16.0 Å². The van der Waals surface area contributed by atoms with Crippen molar-refractivity contribution in [3.05, 3.63) is 56.7 Å². The summed E-state index contributed by atoms with van der Waals surface area (Å²) in [7, 11) is 0. The van der Waals surface area contributed by atoms with Crippen LogP contribution in [0.1, 0.15) is 22.3 Å². The van der Waals surface area contributed by atoms with E-state index in [1.54, 1.807) is 18.3 Å². The molecule has 1 aromatic carbocycles. The number of aromatic nitrogens is 1. The van der Waals surface area contributed by atoms with Gasteiger partial charge in [0.25, 0.3) is 0 Å². The molecule has 1 N–H and O–H groups in total. The molecule has 3 nitrogen and oxygen atoms in total. The van der Waals surface area contributed by atoms with Crippen molar-refractivity contribution in [2.75, 3.05) is 5.43 Å². The molecule has 0 radical (unpaired) electrons. The number of benzene rings is 1. The van der Waals surface area contributed by atoms with Crippen LogP contribution in [0.4, 0.5) is 5.82 Å². The third-order valence-electron chi connectivity index (χ3n) is 2.87. The highest BCUT2D eigenvalue weighted by Crippen LogP contribution is 2.19. The van der Waals surface area contributed by atoms with Gasteiger partial charge in [0.15, 0.2) is 0 Å². The van der Waals surface area contributed by atoms with Gasteiger partial charge >= 0.3 is 0 Å². The molecule has 0 saturated carbocycles. The third-order valence-corrected chi connectivity index (χ3v) is 3.28. The number of hydrogen-bond acceptors (Lipinski definition) is 3. The number of pyridine rings is 1. The average molecular weight is 308 g/mol. The molecule has 104 valence electrons. The van der Waals surface area contributed by atoms with Crippen molar-refractivity contribution in [2.24, 2.45) is 5.10 Å². The van der Waals surface area contributed by atoms with Crippen LogP contribution in [-0.4, -0.2) is 11.2 Å². The Kier molecular flexibility index (Phi) is 4.63. The fraction of sp³-hybridized carbons (Fsp3) is 0.200. The highest BCUT2D eigenvalue weighted by Gasteiger charge is 2.01. The second-order valence-electron chi connectivity index (χ2n) is 4.68. The second-order valence-corrected chi connectivity index (χ2v) is 5.50. The Balaban J connectivity index is 2.18. The predicted molar refractivity (Wildman–Crippen MR) is 86.1 cm³/mol. The quantitative estimate of drug-likeness (QED) is 0.504. The molecule has 0 atom stereocenters. The Morgan fingerprint density at radius 1 is 1.05 bits per heavy atom. The first kappa shape index (κ1) is 14.8. The van der Waals surface area contributed by atoms with Gasteiger partial charge in [0.1, 0.15) is 11.0 Å². The summed E-state index contributed by atoms with van der Waals surface area (Å²) in [5.41, 5.74) is 7.54. The topological polar surface area (TPSA) is 37.3 Å². The number of rotatable bonds is 3. The van der Waals surface area contributed by atoms with Crippen LogP contribution in [0.2, 0.25) is 10.2 Å². The number of aryl methyl sites for hydroxylation is 3. The Bertz CT molecular complexity index is 623. The molecule has 0 spiro atoms. The van der Waals surface area contributed by atoms with Crippen LogP contribution in [0.3, 0.4) is 0 Å². The summed E-state index contributed by atoms with van der Waals surface area (Å²) in [6.45, 7) is 6.21. The largest absolute Gasteiger partial charge is 0.261 e. The van der Waals surface area contributed by atoms with Crippen LogP contribution in [0, 0.1) is 20.8 Å². The molecule has 0 unspecified atom stereocenters. The molecular formula is C15H15Cl2N3. The van der Waals surface area contributed by atoms with E-state index in [1.165, 1.54) is 16.7 Å². The lowest BCUT2D eigenvalue weighted by molar-refractivity contribution is 1.22. The zero-order valence-corrected chi connectivity index (χ0v) is 13.0. The molecule has 1 heterocycles. The van der Waals surface area contributed by atoms with E-state index < -0.39 is 0 Å². The van der Waals surface area contributed by atoms with Crippen molar-refractivity contribution in [3.8, 4) is 0 Å². The van der Waals surface area contributed by atoms with Crippen LogP contribution >= 0.6 is 23.2 Å². The normalized spacial score (nSPS) is 11.1. The maximum atomic E-state index is 5.90. The zero-order valence-electron chi connectivity index (χ0n) is 11.5. The SMILES string of the molecule is Cc1cc(C)c(C=NNc2cc(Cl)cc(Cl)n2)c(C)c1. The van der Waals surface area contributed by atoms with Gasteiger partial charge in [-0.1, -0.05) is 40.9 Å². The van der Waals surface area contributed by atoms with Crippen molar-refractivity contribution in [1.82, 2.24) is 4.98 Å². The van der Waals surface area contributed by atoms with Crippen molar-refractivity contribution in [1.29, 1.82) is 0 Å². The molecule has 2 aromatic rings. The first-order valence-electron chi connectivity index (χ1n) is 6.16. The number of nitrogens with one attached hydrogen (secondary N) is 1. The minimum absolute atomic E-state index is 0.331. The molecule has 0 aliphatic rings. The van der Waals surface area contributed by atoms with Gasteiger partial charge < -0.3 is 0 Å². The lowest BCUT2D eigenvalue weighted by Crippen LogP contribution is -1.97. The average Bonchev–Trinajstić information content (AvgIpc) is 2.31. The molecule has 20 heavy (non-hydrogen) atoms. The summed E-state index contributed by atoms with van der Waals surface area (Å²) >= 11 is 11.7. The molecule has 0 bridgehead atoms. The number of hydrazone groups is 1. The van der Waals surface area contributed by atoms with E-state index in [4.69, 9.17) is 23.2 Å². The smallest absolute Gasteiger partial charge is 0.149 e. The Hall–Kier alpha value is -1.58. The van der Waals surface area contributed by atoms with Crippen LogP contribution in [0.25, 0.3) is 0 Å². The molecule has 0 aliphatic heterocycles. The van der Waals surface area contributed by atoms with Crippen LogP contribution in [-0.2, 0) is 0 Å². The summed E-state index contributed by atoms with van der Waals surface area (Å²) in [4.78, 5) is 4.08. The maximum absolute atomic E-state index is 5.90. The minimum atomic E-state index is 0.331. The highest BCUT2D eigenvalue weighted by atomic mass is 35.5. The third kappa shape index (κ3) is 3.71. The van der Waals surface area contributed by atoms with E-state index >= 15 is 0 Å². The monoisotopic (exact) mass is 307 g/mol. The molecule has 0 amide bonds. The van der Waals surface area contributed by atoms with Gasteiger partial charge in [-0.2, -0.15) is 5.10 Å². The summed E-state index contributed by atoms with van der Waals surface area (Å²) in [6.07, 6.45) is 1.78. The van der Waals surface area contributed by atoms with Crippen molar-refractivity contribution in [3.63, 3.8) is 0 Å². The van der Waals surface area contributed by atoms with Crippen molar-refractivity contribution < 1.29 is 0 Å². The van der Waals surface area contributed by atoms with Gasteiger partial charge in [0, 0.05) is 16.7 Å². The summed E-state index contributed by atoms with van der Waals surface area (Å²) < 4.78 is 0. The molecular weight excluding hydrogens is 293 g/mol. The van der Waals surface area contributed by atoms with E-state index in [0.717, 1.165) is 5.56 Å². The van der Waals surface area contributed by atoms with Crippen LogP contribution in [0.5, 0.6) is 0 Å². The van der Waals surface area contributed by atoms with E-state index in [1.807, 2.05) is 0 Å². The number of hydrogen-bond donors (Lipinski definition) is 1. The van der Waals surface area contributed by atoms with Gasteiger partial charge in [0.2, 0.25) is 0 Å². The summed E-state index contributed by atoms with van der Waals surface area (Å²) in [5.74, 6) is 0.515. The lowest BCUT2D eigenvalue weighted by Gasteiger charge is -2.07. The number of anilines is 1. The second kappa shape index (κ2) is 6.25. The standard InChI is InChI=1S/C15H15Cl2N3/c1-9-4-10(2)13(11(3)5-9)8-18-20-15-7-12(16)6-14(17)19-15/h4-8H,1-3H3,(H,19,20). The summed E-state index contributed by atoms with van der Waals surface area (Å²) in [6, 6.07) is 7.50.